The second-order valence-electron chi connectivity index (χ2n) is 7.52. The van der Waals surface area contributed by atoms with Gasteiger partial charge in [-0.1, -0.05) is 54.6 Å². The summed E-state index contributed by atoms with van der Waals surface area (Å²) in [5.41, 5.74) is 2.52. The van der Waals surface area contributed by atoms with Crippen LogP contribution in [0.3, 0.4) is 0 Å². The second-order valence-corrected chi connectivity index (χ2v) is 7.52. The summed E-state index contributed by atoms with van der Waals surface area (Å²) in [5, 5.41) is 17.2. The van der Waals surface area contributed by atoms with Gasteiger partial charge >= 0.3 is 0 Å². The quantitative estimate of drug-likeness (QED) is 0.432. The van der Waals surface area contributed by atoms with Crippen LogP contribution in [0.25, 0.3) is 0 Å². The van der Waals surface area contributed by atoms with Crippen LogP contribution < -0.4 is 20.1 Å². The van der Waals surface area contributed by atoms with Crippen molar-refractivity contribution >= 4 is 5.91 Å². The van der Waals surface area contributed by atoms with E-state index in [4.69, 9.17) is 9.47 Å². The lowest BCUT2D eigenvalue weighted by molar-refractivity contribution is 0.0827. The number of hydrogen-bond donors (Lipinski definition) is 3. The number of hydrogen-bond acceptors (Lipinski definition) is 5. The van der Waals surface area contributed by atoms with Gasteiger partial charge in [-0.05, 0) is 41.8 Å². The molecular weight excluding hydrogens is 404 g/mol. The normalized spacial score (nSPS) is 12.6. The Morgan fingerprint density at radius 2 is 1.62 bits per heavy atom. The maximum absolute atomic E-state index is 13.0. The van der Waals surface area contributed by atoms with Crippen LogP contribution in [0.4, 0.5) is 0 Å². The molecule has 3 aromatic carbocycles. The Labute approximate surface area is 189 Å². The van der Waals surface area contributed by atoms with E-state index in [1.165, 1.54) is 7.11 Å². The second kappa shape index (κ2) is 11.9. The summed E-state index contributed by atoms with van der Waals surface area (Å²) < 4.78 is 10.6. The molecule has 0 saturated heterocycles. The largest absolute Gasteiger partial charge is 0.497 e. The van der Waals surface area contributed by atoms with Crippen LogP contribution in [0.5, 0.6) is 11.5 Å². The van der Waals surface area contributed by atoms with Crippen molar-refractivity contribution in [2.45, 2.75) is 25.1 Å². The van der Waals surface area contributed by atoms with Crippen molar-refractivity contribution in [1.82, 2.24) is 10.6 Å². The van der Waals surface area contributed by atoms with Crippen molar-refractivity contribution < 1.29 is 19.4 Å². The molecule has 0 radical (unpaired) electrons. The van der Waals surface area contributed by atoms with Gasteiger partial charge in [0.2, 0.25) is 0 Å². The lowest BCUT2D eigenvalue weighted by Gasteiger charge is -2.25. The fourth-order valence-electron chi connectivity index (χ4n) is 3.52. The van der Waals surface area contributed by atoms with Crippen molar-refractivity contribution in [1.29, 1.82) is 0 Å². The van der Waals surface area contributed by atoms with Crippen LogP contribution in [0.1, 0.15) is 21.5 Å². The molecule has 0 aliphatic heterocycles. The highest BCUT2D eigenvalue weighted by atomic mass is 16.5. The standard InChI is InChI=1S/C26H30N2O4/c1-31-21-12-8-11-20(15-21)17-27-18-24(29)23(16-19-9-4-3-5-10-19)28-26(30)22-13-6-7-14-25(22)32-2/h3-15,23-24,27,29H,16-18H2,1-2H3,(H,28,30)/t23-,24+/m0/s1. The Bertz CT molecular complexity index is 994. The van der Waals surface area contributed by atoms with Crippen LogP contribution in [-0.4, -0.2) is 43.9 Å². The molecule has 3 aromatic rings. The topological polar surface area (TPSA) is 79.8 Å². The number of amides is 1. The molecule has 2 atom stereocenters. The van der Waals surface area contributed by atoms with E-state index < -0.39 is 12.1 Å². The fraction of sp³-hybridized carbons (Fsp3) is 0.269. The number of aliphatic hydroxyl groups excluding tert-OH is 1. The lowest BCUT2D eigenvalue weighted by Crippen LogP contribution is -2.48. The van der Waals surface area contributed by atoms with Crippen molar-refractivity contribution in [3.05, 3.63) is 95.6 Å². The van der Waals surface area contributed by atoms with Gasteiger partial charge in [0.15, 0.2) is 0 Å². The predicted molar refractivity (Wildman–Crippen MR) is 125 cm³/mol. The maximum Gasteiger partial charge on any atom is 0.255 e. The van der Waals surface area contributed by atoms with Gasteiger partial charge in [-0.3, -0.25) is 4.79 Å². The Morgan fingerprint density at radius 3 is 2.38 bits per heavy atom. The summed E-state index contributed by atoms with van der Waals surface area (Å²) in [7, 11) is 3.17. The Hall–Kier alpha value is -3.35. The molecule has 0 aliphatic carbocycles. The Morgan fingerprint density at radius 1 is 0.906 bits per heavy atom. The van der Waals surface area contributed by atoms with Gasteiger partial charge in [0.05, 0.1) is 31.9 Å². The molecule has 0 fully saturated rings. The Balaban J connectivity index is 1.67. The molecule has 1 amide bonds. The van der Waals surface area contributed by atoms with Crippen LogP contribution in [0, 0.1) is 0 Å². The number of methoxy groups -OCH3 is 2. The first-order valence-electron chi connectivity index (χ1n) is 10.6. The number of rotatable bonds is 11. The SMILES string of the molecule is COc1cccc(CNC[C@@H](O)[C@H](Cc2ccccc2)NC(=O)c2ccccc2OC)c1. The molecule has 3 rings (SSSR count). The first kappa shape index (κ1) is 23.3. The minimum Gasteiger partial charge on any atom is -0.497 e. The highest BCUT2D eigenvalue weighted by molar-refractivity contribution is 5.97. The van der Waals surface area contributed by atoms with E-state index in [2.05, 4.69) is 10.6 Å². The van der Waals surface area contributed by atoms with Crippen LogP contribution in [-0.2, 0) is 13.0 Å². The zero-order chi connectivity index (χ0) is 22.8. The molecule has 3 N–H and O–H groups in total. The van der Waals surface area contributed by atoms with E-state index in [0.717, 1.165) is 16.9 Å². The van der Waals surface area contributed by atoms with Gasteiger partial charge in [-0.2, -0.15) is 0 Å². The summed E-state index contributed by atoms with van der Waals surface area (Å²) in [4.78, 5) is 13.0. The number of carbonyl (C=O) groups is 1. The van der Waals surface area contributed by atoms with Gasteiger partial charge in [0, 0.05) is 13.1 Å². The van der Waals surface area contributed by atoms with Crippen LogP contribution in [0.15, 0.2) is 78.9 Å². The van der Waals surface area contributed by atoms with E-state index in [1.807, 2.05) is 60.7 Å². The monoisotopic (exact) mass is 434 g/mol. The average Bonchev–Trinajstić information content (AvgIpc) is 2.84. The predicted octanol–water partition coefficient (Wildman–Crippen LogP) is 3.20. The third-order valence-corrected chi connectivity index (χ3v) is 5.25. The molecule has 0 unspecified atom stereocenters. The van der Waals surface area contributed by atoms with Crippen LogP contribution >= 0.6 is 0 Å². The molecule has 0 aromatic heterocycles. The van der Waals surface area contributed by atoms with Gasteiger partial charge in [0.25, 0.3) is 5.91 Å². The van der Waals surface area contributed by atoms with E-state index >= 15 is 0 Å². The summed E-state index contributed by atoms with van der Waals surface area (Å²) in [6.07, 6.45) is -0.288. The summed E-state index contributed by atoms with van der Waals surface area (Å²) in [5.74, 6) is 1.00. The number of para-hydroxylation sites is 1. The highest BCUT2D eigenvalue weighted by Crippen LogP contribution is 2.18. The summed E-state index contributed by atoms with van der Waals surface area (Å²) in [6.45, 7) is 0.897. The first-order valence-corrected chi connectivity index (χ1v) is 10.6. The van der Waals surface area contributed by atoms with Crippen molar-refractivity contribution in [2.75, 3.05) is 20.8 Å². The molecule has 0 saturated carbocycles. The average molecular weight is 435 g/mol. The molecular formula is C26H30N2O4. The number of benzene rings is 3. The number of ether oxygens (including phenoxy) is 2. The number of aliphatic hydroxyl groups is 1. The van der Waals surface area contributed by atoms with E-state index in [0.29, 0.717) is 30.8 Å². The van der Waals surface area contributed by atoms with Gasteiger partial charge in [0.1, 0.15) is 11.5 Å². The van der Waals surface area contributed by atoms with E-state index in [9.17, 15) is 9.90 Å². The number of nitrogens with one attached hydrogen (secondary N) is 2. The zero-order valence-electron chi connectivity index (χ0n) is 18.5. The molecule has 6 nitrogen and oxygen atoms in total. The third kappa shape index (κ3) is 6.57. The summed E-state index contributed by atoms with van der Waals surface area (Å²) in [6, 6.07) is 24.1. The van der Waals surface area contributed by atoms with Gasteiger partial charge in [-0.25, -0.2) is 0 Å². The summed E-state index contributed by atoms with van der Waals surface area (Å²) >= 11 is 0. The van der Waals surface area contributed by atoms with Gasteiger partial charge < -0.3 is 25.2 Å². The number of carbonyl (C=O) groups excluding carboxylic acids is 1. The fourth-order valence-corrected chi connectivity index (χ4v) is 3.52. The maximum atomic E-state index is 13.0. The first-order chi connectivity index (χ1) is 15.6. The third-order valence-electron chi connectivity index (χ3n) is 5.25. The molecule has 0 aliphatic rings. The van der Waals surface area contributed by atoms with Crippen molar-refractivity contribution in [2.24, 2.45) is 0 Å². The van der Waals surface area contributed by atoms with Crippen LogP contribution in [0.2, 0.25) is 0 Å². The molecule has 6 heteroatoms. The molecule has 32 heavy (non-hydrogen) atoms. The van der Waals surface area contributed by atoms with E-state index in [1.54, 1.807) is 25.3 Å². The minimum atomic E-state index is -0.792. The van der Waals surface area contributed by atoms with Crippen molar-refractivity contribution in [3.8, 4) is 11.5 Å². The molecule has 168 valence electrons. The van der Waals surface area contributed by atoms with E-state index in [-0.39, 0.29) is 5.91 Å². The smallest absolute Gasteiger partial charge is 0.255 e. The van der Waals surface area contributed by atoms with Gasteiger partial charge in [-0.15, -0.1) is 0 Å². The molecule has 0 heterocycles. The molecule has 0 spiro atoms. The minimum absolute atomic E-state index is 0.282. The molecule has 0 bridgehead atoms. The van der Waals surface area contributed by atoms with Crippen molar-refractivity contribution in [3.63, 3.8) is 0 Å². The Kier molecular flexibility index (Phi) is 8.66. The zero-order valence-corrected chi connectivity index (χ0v) is 18.5. The lowest BCUT2D eigenvalue weighted by atomic mass is 10.00. The highest BCUT2D eigenvalue weighted by Gasteiger charge is 2.23.